The summed E-state index contributed by atoms with van der Waals surface area (Å²) in [7, 11) is 1.64. The molecule has 1 atom stereocenters. The summed E-state index contributed by atoms with van der Waals surface area (Å²) in [5.41, 5.74) is 2.20. The van der Waals surface area contributed by atoms with Crippen LogP contribution in [0.1, 0.15) is 50.6 Å². The lowest BCUT2D eigenvalue weighted by Gasteiger charge is -2.27. The van der Waals surface area contributed by atoms with Crippen LogP contribution in [0.4, 0.5) is 0 Å². The van der Waals surface area contributed by atoms with E-state index in [0.717, 1.165) is 34.3 Å². The minimum Gasteiger partial charge on any atom is -0.497 e. The summed E-state index contributed by atoms with van der Waals surface area (Å²) in [6, 6.07) is 5.30. The highest BCUT2D eigenvalue weighted by Crippen LogP contribution is 2.36. The van der Waals surface area contributed by atoms with Crippen molar-refractivity contribution in [2.24, 2.45) is 11.8 Å². The molecule has 3 aromatic rings. The number of aromatic nitrogens is 3. The van der Waals surface area contributed by atoms with Gasteiger partial charge < -0.3 is 20.1 Å². The van der Waals surface area contributed by atoms with E-state index in [-0.39, 0.29) is 23.3 Å². The number of nitrogens with one attached hydrogen (secondary N) is 2. The van der Waals surface area contributed by atoms with E-state index in [1.807, 2.05) is 45.9 Å². The van der Waals surface area contributed by atoms with Gasteiger partial charge in [-0.2, -0.15) is 0 Å². The first-order chi connectivity index (χ1) is 15.2. The van der Waals surface area contributed by atoms with E-state index in [9.17, 15) is 14.7 Å². The van der Waals surface area contributed by atoms with Gasteiger partial charge in [-0.05, 0) is 42.0 Å². The highest BCUT2D eigenvalue weighted by atomic mass is 16.5. The van der Waals surface area contributed by atoms with Gasteiger partial charge >= 0.3 is 5.69 Å². The summed E-state index contributed by atoms with van der Waals surface area (Å²) in [5, 5.41) is 15.6. The molecule has 0 bridgehead atoms. The molecule has 0 aliphatic carbocycles. The van der Waals surface area contributed by atoms with Crippen LogP contribution in [-0.2, 0) is 19.5 Å². The Balaban J connectivity index is 1.96. The van der Waals surface area contributed by atoms with Crippen LogP contribution in [0.3, 0.4) is 0 Å². The molecule has 0 saturated carbocycles. The van der Waals surface area contributed by atoms with Crippen LogP contribution in [0.15, 0.2) is 27.8 Å². The molecule has 0 saturated heterocycles. The minimum absolute atomic E-state index is 0.112. The number of ether oxygens (including phenoxy) is 1. The Morgan fingerprint density at radius 2 is 1.81 bits per heavy atom. The third-order valence-electron chi connectivity index (χ3n) is 5.98. The molecule has 172 valence electrons. The molecule has 1 aliphatic rings. The standard InChI is InChI=1S/C24H32N4O4/c1-13(2)11-27-22(29)19(23(30)28(24(27)31)12-14(3)4)21-20-16(8-9-25-21)17-10-15(32-5)6-7-18(17)26-20/h6-7,10,13-14,21,25-26,29H,8-9,11-12H2,1-5H3/t21-/m0/s1. The van der Waals surface area contributed by atoms with Gasteiger partial charge in [0.25, 0.3) is 5.56 Å². The summed E-state index contributed by atoms with van der Waals surface area (Å²) in [6.45, 7) is 9.16. The largest absolute Gasteiger partial charge is 0.497 e. The van der Waals surface area contributed by atoms with Gasteiger partial charge in [-0.1, -0.05) is 27.7 Å². The fourth-order valence-corrected chi connectivity index (χ4v) is 4.60. The van der Waals surface area contributed by atoms with Crippen molar-refractivity contribution >= 4 is 10.9 Å². The Kier molecular flexibility index (Phi) is 5.90. The molecule has 2 aromatic heterocycles. The van der Waals surface area contributed by atoms with E-state index >= 15 is 0 Å². The van der Waals surface area contributed by atoms with Crippen LogP contribution in [-0.4, -0.2) is 32.9 Å². The summed E-state index contributed by atoms with van der Waals surface area (Å²) in [6.07, 6.45) is 0.783. The monoisotopic (exact) mass is 440 g/mol. The van der Waals surface area contributed by atoms with Gasteiger partial charge in [0.15, 0.2) is 0 Å². The molecule has 0 spiro atoms. The van der Waals surface area contributed by atoms with Gasteiger partial charge in [0.1, 0.15) is 11.3 Å². The van der Waals surface area contributed by atoms with Crippen LogP contribution in [0.2, 0.25) is 0 Å². The zero-order valence-corrected chi connectivity index (χ0v) is 19.4. The predicted molar refractivity (Wildman–Crippen MR) is 125 cm³/mol. The van der Waals surface area contributed by atoms with Crippen molar-refractivity contribution in [1.82, 2.24) is 19.4 Å². The van der Waals surface area contributed by atoms with Crippen molar-refractivity contribution < 1.29 is 9.84 Å². The van der Waals surface area contributed by atoms with Crippen molar-refractivity contribution in [3.8, 4) is 11.6 Å². The molecule has 3 N–H and O–H groups in total. The summed E-state index contributed by atoms with van der Waals surface area (Å²) in [4.78, 5) is 30.1. The fraction of sp³-hybridized carbons (Fsp3) is 0.500. The van der Waals surface area contributed by atoms with E-state index in [4.69, 9.17) is 4.74 Å². The molecule has 4 rings (SSSR count). The lowest BCUT2D eigenvalue weighted by atomic mass is 9.95. The first-order valence-electron chi connectivity index (χ1n) is 11.2. The molecule has 1 aliphatic heterocycles. The maximum Gasteiger partial charge on any atom is 0.333 e. The Bertz CT molecular complexity index is 1270. The highest BCUT2D eigenvalue weighted by molar-refractivity contribution is 5.86. The number of methoxy groups -OCH3 is 1. The number of H-pyrrole nitrogens is 1. The molecule has 0 unspecified atom stereocenters. The molecule has 0 fully saturated rings. The second-order valence-corrected chi connectivity index (χ2v) is 9.40. The van der Waals surface area contributed by atoms with Crippen LogP contribution >= 0.6 is 0 Å². The van der Waals surface area contributed by atoms with E-state index in [1.54, 1.807) is 7.11 Å². The molecule has 8 heteroatoms. The number of aromatic hydroxyl groups is 1. The van der Waals surface area contributed by atoms with Crippen molar-refractivity contribution in [1.29, 1.82) is 0 Å². The predicted octanol–water partition coefficient (Wildman–Crippen LogP) is 2.75. The van der Waals surface area contributed by atoms with Gasteiger partial charge in [0.2, 0.25) is 5.88 Å². The average Bonchev–Trinajstić information content (AvgIpc) is 3.12. The Morgan fingerprint density at radius 1 is 1.12 bits per heavy atom. The molecule has 1 aromatic carbocycles. The molecule has 8 nitrogen and oxygen atoms in total. The number of hydrogen-bond acceptors (Lipinski definition) is 5. The van der Waals surface area contributed by atoms with Gasteiger partial charge in [0, 0.05) is 36.2 Å². The van der Waals surface area contributed by atoms with Gasteiger partial charge in [0.05, 0.1) is 13.2 Å². The first kappa shape index (κ1) is 22.2. The lowest BCUT2D eigenvalue weighted by molar-refractivity contribution is 0.343. The molecular formula is C24H32N4O4. The Labute approximate surface area is 186 Å². The van der Waals surface area contributed by atoms with Crippen LogP contribution in [0.25, 0.3) is 10.9 Å². The SMILES string of the molecule is COc1ccc2[nH]c3c(c2c1)CCN[C@H]3c1c(O)n(CC(C)C)c(=O)n(CC(C)C)c1=O. The topological polar surface area (TPSA) is 101 Å². The summed E-state index contributed by atoms with van der Waals surface area (Å²) in [5.74, 6) is 0.755. The number of nitrogens with zero attached hydrogens (tertiary/aromatic N) is 2. The van der Waals surface area contributed by atoms with Gasteiger partial charge in [-0.25, -0.2) is 4.79 Å². The highest BCUT2D eigenvalue weighted by Gasteiger charge is 2.32. The van der Waals surface area contributed by atoms with E-state index in [2.05, 4.69) is 10.3 Å². The summed E-state index contributed by atoms with van der Waals surface area (Å²) >= 11 is 0. The quantitative estimate of drug-likeness (QED) is 0.547. The molecule has 3 heterocycles. The lowest BCUT2D eigenvalue weighted by Crippen LogP contribution is -2.45. The van der Waals surface area contributed by atoms with Gasteiger partial charge in [-0.15, -0.1) is 0 Å². The van der Waals surface area contributed by atoms with Gasteiger partial charge in [-0.3, -0.25) is 13.9 Å². The van der Waals surface area contributed by atoms with Crippen LogP contribution in [0.5, 0.6) is 11.6 Å². The molecule has 0 radical (unpaired) electrons. The number of hydrogen-bond donors (Lipinski definition) is 3. The van der Waals surface area contributed by atoms with Crippen LogP contribution in [0, 0.1) is 11.8 Å². The smallest absolute Gasteiger partial charge is 0.333 e. The average molecular weight is 441 g/mol. The van der Waals surface area contributed by atoms with Crippen molar-refractivity contribution in [3.05, 3.63) is 55.9 Å². The van der Waals surface area contributed by atoms with Crippen molar-refractivity contribution in [2.45, 2.75) is 53.2 Å². The van der Waals surface area contributed by atoms with Crippen LogP contribution < -0.4 is 21.3 Å². The number of fused-ring (bicyclic) bond motifs is 3. The zero-order valence-electron chi connectivity index (χ0n) is 19.4. The maximum absolute atomic E-state index is 13.5. The maximum atomic E-state index is 13.5. The van der Waals surface area contributed by atoms with E-state index in [0.29, 0.717) is 19.6 Å². The van der Waals surface area contributed by atoms with Crippen molar-refractivity contribution in [3.63, 3.8) is 0 Å². The van der Waals surface area contributed by atoms with E-state index in [1.165, 1.54) is 9.13 Å². The number of rotatable bonds is 6. The molecular weight excluding hydrogens is 408 g/mol. The zero-order chi connectivity index (χ0) is 23.2. The molecule has 0 amide bonds. The second kappa shape index (κ2) is 8.50. The number of aromatic amines is 1. The third-order valence-corrected chi connectivity index (χ3v) is 5.98. The Morgan fingerprint density at radius 3 is 2.47 bits per heavy atom. The van der Waals surface area contributed by atoms with Crippen molar-refractivity contribution in [2.75, 3.05) is 13.7 Å². The minimum atomic E-state index is -0.540. The number of benzene rings is 1. The first-order valence-corrected chi connectivity index (χ1v) is 11.2. The fourth-order valence-electron chi connectivity index (χ4n) is 4.60. The van der Waals surface area contributed by atoms with E-state index < -0.39 is 17.3 Å². The third kappa shape index (κ3) is 3.72. The second-order valence-electron chi connectivity index (χ2n) is 9.40. The summed E-state index contributed by atoms with van der Waals surface area (Å²) < 4.78 is 8.00. The molecule has 32 heavy (non-hydrogen) atoms. The normalized spacial score (nSPS) is 16.2. The Hall–Kier alpha value is -3.00.